The van der Waals surface area contributed by atoms with Gasteiger partial charge in [-0.15, -0.1) is 0 Å². The van der Waals surface area contributed by atoms with Crippen LogP contribution in [0.2, 0.25) is 0 Å². The van der Waals surface area contributed by atoms with Crippen LogP contribution in [0.15, 0.2) is 0 Å². The fraction of sp³-hybridized carbons (Fsp3) is 0.750. The number of aliphatic carboxylic acids is 1. The first-order valence-electron chi connectivity index (χ1n) is 3.69. The second-order valence-electron chi connectivity index (χ2n) is 2.12. The standard InChI is InChI=1S/C6H11O.C2H4O2.Ag/c1-2-3-4-5-6-7;1-2(3)4;/h2-5H2,1H3;1H3,(H,3,4);/q-1;;+1. The SMILES string of the molecule is CC(=O)O.CCCCC[C-]=O.[Ag+]. The Balaban J connectivity index is -0.000000142. The van der Waals surface area contributed by atoms with Gasteiger partial charge >= 0.3 is 22.4 Å². The van der Waals surface area contributed by atoms with E-state index in [2.05, 4.69) is 6.92 Å². The zero-order valence-electron chi connectivity index (χ0n) is 7.39. The van der Waals surface area contributed by atoms with Gasteiger partial charge in [0.1, 0.15) is 0 Å². The second-order valence-corrected chi connectivity index (χ2v) is 2.12. The van der Waals surface area contributed by atoms with Gasteiger partial charge in [0, 0.05) is 6.92 Å². The molecule has 76 valence electrons. The van der Waals surface area contributed by atoms with E-state index in [9.17, 15) is 4.79 Å². The summed E-state index contributed by atoms with van der Waals surface area (Å²) in [7, 11) is 0. The molecule has 0 saturated carbocycles. The summed E-state index contributed by atoms with van der Waals surface area (Å²) in [5.74, 6) is -0.833. The topological polar surface area (TPSA) is 54.4 Å². The largest absolute Gasteiger partial charge is 1.00 e. The van der Waals surface area contributed by atoms with Crippen molar-refractivity contribution in [2.75, 3.05) is 0 Å². The van der Waals surface area contributed by atoms with Crippen molar-refractivity contribution in [1.82, 2.24) is 0 Å². The Kier molecular flexibility index (Phi) is 25.4. The predicted octanol–water partition coefficient (Wildman–Crippen LogP) is 1.76. The van der Waals surface area contributed by atoms with Crippen molar-refractivity contribution in [2.24, 2.45) is 0 Å². The number of rotatable bonds is 4. The van der Waals surface area contributed by atoms with Gasteiger partial charge in [0.15, 0.2) is 0 Å². The molecule has 1 N–H and O–H groups in total. The van der Waals surface area contributed by atoms with Gasteiger partial charge in [-0.25, -0.2) is 0 Å². The molecule has 0 aromatic carbocycles. The summed E-state index contributed by atoms with van der Waals surface area (Å²) in [5, 5.41) is 7.42. The molecule has 0 rings (SSSR count). The maximum Gasteiger partial charge on any atom is 1.00 e. The number of hydrogen-bond acceptors (Lipinski definition) is 2. The summed E-state index contributed by atoms with van der Waals surface area (Å²) in [4.78, 5) is 18.6. The molecule has 0 spiro atoms. The van der Waals surface area contributed by atoms with Gasteiger partial charge in [0.05, 0.1) is 0 Å². The molecule has 0 aliphatic rings. The molecule has 0 aromatic heterocycles. The number of carbonyl (C=O) groups is 1. The summed E-state index contributed by atoms with van der Waals surface area (Å²) >= 11 is 0. The number of carbonyl (C=O) groups excluding carboxylic acids is 1. The first-order chi connectivity index (χ1) is 5.15. The summed E-state index contributed by atoms with van der Waals surface area (Å²) in [6.07, 6.45) is 5.83. The van der Waals surface area contributed by atoms with Crippen LogP contribution in [0, 0.1) is 0 Å². The van der Waals surface area contributed by atoms with E-state index in [0.717, 1.165) is 19.8 Å². The van der Waals surface area contributed by atoms with Crippen LogP contribution in [0.25, 0.3) is 0 Å². The molecular weight excluding hydrogens is 252 g/mol. The van der Waals surface area contributed by atoms with Crippen LogP contribution < -0.4 is 0 Å². The Morgan fingerprint density at radius 2 is 1.83 bits per heavy atom. The third-order valence-electron chi connectivity index (χ3n) is 0.882. The van der Waals surface area contributed by atoms with Crippen LogP contribution >= 0.6 is 0 Å². The van der Waals surface area contributed by atoms with Crippen molar-refractivity contribution in [3.63, 3.8) is 0 Å². The van der Waals surface area contributed by atoms with Crippen molar-refractivity contribution in [3.8, 4) is 0 Å². The Labute approximate surface area is 89.1 Å². The van der Waals surface area contributed by atoms with E-state index in [1.54, 1.807) is 0 Å². The van der Waals surface area contributed by atoms with Gasteiger partial charge in [-0.1, -0.05) is 26.2 Å². The molecule has 3 nitrogen and oxygen atoms in total. The first kappa shape index (κ1) is 17.8. The van der Waals surface area contributed by atoms with Crippen LogP contribution in [-0.4, -0.2) is 17.4 Å². The minimum absolute atomic E-state index is 0. The van der Waals surface area contributed by atoms with Crippen LogP contribution in [0.3, 0.4) is 0 Å². The average molecular weight is 267 g/mol. The fourth-order valence-electron chi connectivity index (χ4n) is 0.447. The zero-order valence-corrected chi connectivity index (χ0v) is 8.88. The van der Waals surface area contributed by atoms with Gasteiger partial charge in [-0.3, -0.25) is 11.1 Å². The molecule has 0 heterocycles. The third kappa shape index (κ3) is 51.7. The van der Waals surface area contributed by atoms with E-state index in [0.29, 0.717) is 6.42 Å². The molecular formula is C8H15AgO3. The Bertz CT molecular complexity index is 100. The molecule has 0 bridgehead atoms. The van der Waals surface area contributed by atoms with Crippen LogP contribution in [0.5, 0.6) is 0 Å². The van der Waals surface area contributed by atoms with E-state index in [-0.39, 0.29) is 22.4 Å². The average Bonchev–Trinajstić information content (AvgIpc) is 1.88. The van der Waals surface area contributed by atoms with Crippen LogP contribution in [0.1, 0.15) is 39.5 Å². The first-order valence-corrected chi connectivity index (χ1v) is 3.69. The maximum atomic E-state index is 9.55. The van der Waals surface area contributed by atoms with Crippen LogP contribution in [-0.2, 0) is 32.0 Å². The summed E-state index contributed by atoms with van der Waals surface area (Å²) < 4.78 is 0. The van der Waals surface area contributed by atoms with Crippen molar-refractivity contribution in [2.45, 2.75) is 39.5 Å². The van der Waals surface area contributed by atoms with E-state index in [1.165, 1.54) is 6.42 Å². The van der Waals surface area contributed by atoms with Gasteiger partial charge in [0.2, 0.25) is 0 Å². The minimum Gasteiger partial charge on any atom is -0.542 e. The Morgan fingerprint density at radius 1 is 1.42 bits per heavy atom. The van der Waals surface area contributed by atoms with E-state index >= 15 is 0 Å². The van der Waals surface area contributed by atoms with Crippen molar-refractivity contribution >= 4 is 12.3 Å². The molecule has 0 amide bonds. The zero-order chi connectivity index (χ0) is 9.11. The Hall–Kier alpha value is -0.120. The fourth-order valence-corrected chi connectivity index (χ4v) is 0.447. The molecule has 0 atom stereocenters. The molecule has 0 saturated heterocycles. The number of hydrogen-bond donors (Lipinski definition) is 1. The summed E-state index contributed by atoms with van der Waals surface area (Å²) in [6.45, 7) is 3.20. The molecule has 0 radical (unpaired) electrons. The van der Waals surface area contributed by atoms with Gasteiger partial charge in [-0.2, -0.15) is 6.42 Å². The molecule has 0 aliphatic carbocycles. The Morgan fingerprint density at radius 3 is 2.08 bits per heavy atom. The van der Waals surface area contributed by atoms with Crippen molar-refractivity contribution < 1.29 is 37.1 Å². The second kappa shape index (κ2) is 17.1. The van der Waals surface area contributed by atoms with E-state index in [4.69, 9.17) is 9.90 Å². The minimum atomic E-state index is -0.833. The number of carboxylic acids is 1. The number of carboxylic acid groups (broad SMARTS) is 1. The molecule has 0 aromatic rings. The quantitative estimate of drug-likeness (QED) is 0.479. The predicted molar refractivity (Wildman–Crippen MR) is 43.1 cm³/mol. The monoisotopic (exact) mass is 266 g/mol. The van der Waals surface area contributed by atoms with Gasteiger partial charge in [0.25, 0.3) is 5.97 Å². The van der Waals surface area contributed by atoms with Gasteiger partial charge in [-0.05, 0) is 0 Å². The summed E-state index contributed by atoms with van der Waals surface area (Å²) in [5.41, 5.74) is 0. The normalized spacial score (nSPS) is 7.17. The smallest absolute Gasteiger partial charge is 0.542 e. The maximum absolute atomic E-state index is 9.55. The third-order valence-corrected chi connectivity index (χ3v) is 0.882. The molecule has 0 aliphatic heterocycles. The van der Waals surface area contributed by atoms with E-state index < -0.39 is 5.97 Å². The van der Waals surface area contributed by atoms with E-state index in [1.807, 2.05) is 6.29 Å². The van der Waals surface area contributed by atoms with Gasteiger partial charge < -0.3 is 9.90 Å². The van der Waals surface area contributed by atoms with Crippen LogP contribution in [0.4, 0.5) is 0 Å². The summed E-state index contributed by atoms with van der Waals surface area (Å²) in [6, 6.07) is 0. The molecule has 12 heavy (non-hydrogen) atoms. The number of unbranched alkanes of at least 4 members (excludes halogenated alkanes) is 3. The molecule has 0 fully saturated rings. The molecule has 0 unspecified atom stereocenters. The molecule has 4 heteroatoms. The van der Waals surface area contributed by atoms with Crippen molar-refractivity contribution in [1.29, 1.82) is 0 Å². The van der Waals surface area contributed by atoms with Crippen molar-refractivity contribution in [3.05, 3.63) is 0 Å².